The minimum absolute atomic E-state index is 0.00847. The number of carbonyl (C=O) groups is 1. The summed E-state index contributed by atoms with van der Waals surface area (Å²) in [6, 6.07) is 3.72. The lowest BCUT2D eigenvalue weighted by Crippen LogP contribution is -2.38. The van der Waals surface area contributed by atoms with Crippen LogP contribution in [0.3, 0.4) is 0 Å². The summed E-state index contributed by atoms with van der Waals surface area (Å²) in [5.74, 6) is 1.33. The molecule has 1 atom stereocenters. The molecule has 0 aromatic carbocycles. The van der Waals surface area contributed by atoms with Gasteiger partial charge in [0.1, 0.15) is 12.3 Å². The first kappa shape index (κ1) is 15.4. The van der Waals surface area contributed by atoms with Crippen molar-refractivity contribution in [3.05, 3.63) is 36.0 Å². The van der Waals surface area contributed by atoms with Gasteiger partial charge in [-0.05, 0) is 37.8 Å². The van der Waals surface area contributed by atoms with Gasteiger partial charge in [-0.15, -0.1) is 5.10 Å². The first-order valence-electron chi connectivity index (χ1n) is 8.60. The van der Waals surface area contributed by atoms with Gasteiger partial charge >= 0.3 is 0 Å². The minimum Gasteiger partial charge on any atom is -0.467 e. The Bertz CT molecular complexity index is 672. The van der Waals surface area contributed by atoms with E-state index in [1.54, 1.807) is 15.8 Å². The summed E-state index contributed by atoms with van der Waals surface area (Å²) in [5.41, 5.74) is 1.000. The Kier molecular flexibility index (Phi) is 4.34. The molecule has 24 heavy (non-hydrogen) atoms. The van der Waals surface area contributed by atoms with Crippen LogP contribution in [0.4, 0.5) is 0 Å². The third kappa shape index (κ3) is 3.67. The molecule has 4 rings (SSSR count). The molecule has 1 amide bonds. The van der Waals surface area contributed by atoms with Crippen molar-refractivity contribution >= 4 is 5.91 Å². The molecular weight excluding hydrogens is 308 g/mol. The first-order valence-corrected chi connectivity index (χ1v) is 8.60. The molecule has 2 fully saturated rings. The van der Waals surface area contributed by atoms with Gasteiger partial charge in [0.05, 0.1) is 24.6 Å². The molecule has 0 bridgehead atoms. The molecule has 0 radical (unpaired) electrons. The van der Waals surface area contributed by atoms with E-state index in [2.05, 4.69) is 10.3 Å². The van der Waals surface area contributed by atoms with Crippen molar-refractivity contribution in [2.45, 2.75) is 50.8 Å². The fraction of sp³-hybridized carbons (Fsp3) is 0.588. The van der Waals surface area contributed by atoms with E-state index in [1.807, 2.05) is 18.3 Å². The van der Waals surface area contributed by atoms with Gasteiger partial charge in [-0.3, -0.25) is 4.79 Å². The highest BCUT2D eigenvalue weighted by Gasteiger charge is 2.27. The van der Waals surface area contributed by atoms with Crippen molar-refractivity contribution in [3.8, 4) is 0 Å². The normalized spacial score (nSPS) is 20.4. The molecule has 1 aliphatic carbocycles. The second kappa shape index (κ2) is 6.76. The number of hydrogen-bond acceptors (Lipinski definition) is 5. The zero-order chi connectivity index (χ0) is 16.4. The predicted octanol–water partition coefficient (Wildman–Crippen LogP) is 1.96. The molecule has 0 spiro atoms. The Balaban J connectivity index is 1.42. The minimum atomic E-state index is 0.00847. The van der Waals surface area contributed by atoms with Crippen molar-refractivity contribution in [2.75, 3.05) is 13.2 Å². The lowest BCUT2D eigenvalue weighted by Gasteiger charge is -2.24. The highest BCUT2D eigenvalue weighted by Crippen LogP contribution is 2.38. The summed E-state index contributed by atoms with van der Waals surface area (Å²) in [4.78, 5) is 14.6. The maximum Gasteiger partial charge on any atom is 0.244 e. The lowest BCUT2D eigenvalue weighted by atomic mass is 10.2. The van der Waals surface area contributed by atoms with Gasteiger partial charge in [0.2, 0.25) is 5.91 Å². The van der Waals surface area contributed by atoms with Crippen molar-refractivity contribution in [1.82, 2.24) is 19.9 Å². The van der Waals surface area contributed by atoms with Crippen molar-refractivity contribution in [2.24, 2.45) is 0 Å². The van der Waals surface area contributed by atoms with E-state index >= 15 is 0 Å². The number of hydrogen-bond donors (Lipinski definition) is 0. The molecule has 1 aliphatic heterocycles. The highest BCUT2D eigenvalue weighted by atomic mass is 16.5. The molecule has 7 heteroatoms. The van der Waals surface area contributed by atoms with Crippen LogP contribution >= 0.6 is 0 Å². The average Bonchev–Trinajstić information content (AvgIpc) is 3.01. The summed E-state index contributed by atoms with van der Waals surface area (Å²) in [7, 11) is 0. The number of nitrogens with zero attached hydrogens (tertiary/aromatic N) is 4. The van der Waals surface area contributed by atoms with Crippen LogP contribution in [0.5, 0.6) is 0 Å². The summed E-state index contributed by atoms with van der Waals surface area (Å²) in [5, 5.41) is 8.26. The van der Waals surface area contributed by atoms with Crippen LogP contribution < -0.4 is 0 Å². The van der Waals surface area contributed by atoms with Gasteiger partial charge in [0.15, 0.2) is 0 Å². The van der Waals surface area contributed by atoms with Gasteiger partial charge in [0.25, 0.3) is 0 Å². The fourth-order valence-corrected chi connectivity index (χ4v) is 3.07. The average molecular weight is 330 g/mol. The molecular formula is C17H22N4O3. The van der Waals surface area contributed by atoms with Crippen LogP contribution in [0.25, 0.3) is 0 Å². The molecule has 2 aliphatic rings. The molecule has 2 aromatic heterocycles. The van der Waals surface area contributed by atoms with E-state index in [1.165, 1.54) is 12.8 Å². The maximum absolute atomic E-state index is 12.8. The van der Waals surface area contributed by atoms with E-state index in [0.29, 0.717) is 19.0 Å². The van der Waals surface area contributed by atoms with Crippen LogP contribution in [-0.2, 0) is 22.6 Å². The first-order chi connectivity index (χ1) is 11.8. The van der Waals surface area contributed by atoms with Crippen molar-refractivity contribution in [1.29, 1.82) is 0 Å². The molecule has 1 saturated heterocycles. The topological polar surface area (TPSA) is 73.4 Å². The molecule has 0 unspecified atom stereocenters. The SMILES string of the molecule is O=C(Cn1cc(C2CC2)nn1)N(Cc1ccco1)C[C@H]1CCCO1. The summed E-state index contributed by atoms with van der Waals surface area (Å²) >= 11 is 0. The molecule has 1 saturated carbocycles. The Morgan fingerprint density at radius 2 is 2.29 bits per heavy atom. The van der Waals surface area contributed by atoms with E-state index in [9.17, 15) is 4.79 Å². The van der Waals surface area contributed by atoms with Gasteiger partial charge in [-0.1, -0.05) is 5.21 Å². The predicted molar refractivity (Wildman–Crippen MR) is 85.1 cm³/mol. The van der Waals surface area contributed by atoms with E-state index in [0.717, 1.165) is 30.9 Å². The van der Waals surface area contributed by atoms with Crippen molar-refractivity contribution in [3.63, 3.8) is 0 Å². The van der Waals surface area contributed by atoms with Crippen LogP contribution in [0.15, 0.2) is 29.0 Å². The Labute approximate surface area is 140 Å². The Morgan fingerprint density at radius 1 is 1.38 bits per heavy atom. The summed E-state index contributed by atoms with van der Waals surface area (Å²) < 4.78 is 12.7. The van der Waals surface area contributed by atoms with Crippen LogP contribution in [0.1, 0.15) is 43.1 Å². The number of amides is 1. The van der Waals surface area contributed by atoms with Gasteiger partial charge in [-0.25, -0.2) is 4.68 Å². The van der Waals surface area contributed by atoms with E-state index in [4.69, 9.17) is 9.15 Å². The van der Waals surface area contributed by atoms with Crippen LogP contribution in [0, 0.1) is 0 Å². The zero-order valence-corrected chi connectivity index (χ0v) is 13.6. The van der Waals surface area contributed by atoms with Gasteiger partial charge in [0, 0.05) is 25.3 Å². The molecule has 2 aromatic rings. The second-order valence-electron chi connectivity index (χ2n) is 6.60. The van der Waals surface area contributed by atoms with Crippen LogP contribution in [-0.4, -0.2) is 45.1 Å². The van der Waals surface area contributed by atoms with Gasteiger partial charge < -0.3 is 14.1 Å². The van der Waals surface area contributed by atoms with Crippen LogP contribution in [0.2, 0.25) is 0 Å². The number of ether oxygens (including phenoxy) is 1. The molecule has 3 heterocycles. The fourth-order valence-electron chi connectivity index (χ4n) is 3.07. The maximum atomic E-state index is 12.8. The van der Waals surface area contributed by atoms with E-state index in [-0.39, 0.29) is 18.6 Å². The largest absolute Gasteiger partial charge is 0.467 e. The Morgan fingerprint density at radius 3 is 3.00 bits per heavy atom. The molecule has 128 valence electrons. The third-order valence-electron chi connectivity index (χ3n) is 4.58. The quantitative estimate of drug-likeness (QED) is 0.776. The second-order valence-corrected chi connectivity index (χ2v) is 6.60. The number of rotatable bonds is 7. The summed E-state index contributed by atoms with van der Waals surface area (Å²) in [6.07, 6.45) is 8.04. The van der Waals surface area contributed by atoms with Crippen molar-refractivity contribution < 1.29 is 13.9 Å². The Hall–Kier alpha value is -2.15. The number of furan rings is 1. The summed E-state index contributed by atoms with van der Waals surface area (Å²) in [6.45, 7) is 2.02. The third-order valence-corrected chi connectivity index (χ3v) is 4.58. The smallest absolute Gasteiger partial charge is 0.244 e. The standard InChI is InChI=1S/C17H22N4O3/c22-17(12-21-11-16(18-19-21)13-5-6-13)20(9-14-3-1-7-23-14)10-15-4-2-8-24-15/h1,3,7,11,13,15H,2,4-6,8-10,12H2/t15-/m1/s1. The lowest BCUT2D eigenvalue weighted by molar-refractivity contribution is -0.134. The molecule has 0 N–H and O–H groups in total. The van der Waals surface area contributed by atoms with Gasteiger partial charge in [-0.2, -0.15) is 0 Å². The monoisotopic (exact) mass is 330 g/mol. The number of carbonyl (C=O) groups excluding carboxylic acids is 1. The number of aromatic nitrogens is 3. The van der Waals surface area contributed by atoms with E-state index < -0.39 is 0 Å². The highest BCUT2D eigenvalue weighted by molar-refractivity contribution is 5.75. The molecule has 7 nitrogen and oxygen atoms in total. The zero-order valence-electron chi connectivity index (χ0n) is 13.6.